The van der Waals surface area contributed by atoms with Crippen LogP contribution in [0.1, 0.15) is 51.9 Å². The summed E-state index contributed by atoms with van der Waals surface area (Å²) in [6.07, 6.45) is 8.48. The summed E-state index contributed by atoms with van der Waals surface area (Å²) in [6.45, 7) is 5.22. The van der Waals surface area contributed by atoms with Gasteiger partial charge in [-0.15, -0.1) is 0 Å². The molecule has 2 fully saturated rings. The predicted octanol–water partition coefficient (Wildman–Crippen LogP) is 2.17. The topological polar surface area (TPSA) is 32.3 Å². The average Bonchev–Trinajstić information content (AvgIpc) is 2.76. The van der Waals surface area contributed by atoms with Gasteiger partial charge in [0.1, 0.15) is 0 Å². The van der Waals surface area contributed by atoms with Crippen LogP contribution >= 0.6 is 0 Å². The normalized spacial score (nSPS) is 31.0. The van der Waals surface area contributed by atoms with Crippen LogP contribution in [-0.4, -0.2) is 36.5 Å². The van der Waals surface area contributed by atoms with Crippen LogP contribution in [0, 0.1) is 5.92 Å². The molecule has 1 N–H and O–H groups in total. The standard InChI is InChI=1S/C14H26N2O/c1-2-12-8-10-16(11-12)14(17)13-7-5-3-4-6-9-15-13/h12-13,15H,2-11H2,1H3. The van der Waals surface area contributed by atoms with E-state index in [0.717, 1.165) is 32.0 Å². The molecular formula is C14H26N2O. The number of amides is 1. The molecular weight excluding hydrogens is 212 g/mol. The molecule has 17 heavy (non-hydrogen) atoms. The highest BCUT2D eigenvalue weighted by molar-refractivity contribution is 5.82. The molecule has 3 heteroatoms. The third kappa shape index (κ3) is 3.44. The van der Waals surface area contributed by atoms with E-state index in [2.05, 4.69) is 17.1 Å². The van der Waals surface area contributed by atoms with E-state index >= 15 is 0 Å². The number of hydrogen-bond donors (Lipinski definition) is 1. The zero-order valence-electron chi connectivity index (χ0n) is 11.1. The van der Waals surface area contributed by atoms with Crippen molar-refractivity contribution in [2.75, 3.05) is 19.6 Å². The Morgan fingerprint density at radius 1 is 1.24 bits per heavy atom. The van der Waals surface area contributed by atoms with Crippen molar-refractivity contribution in [3.8, 4) is 0 Å². The van der Waals surface area contributed by atoms with Gasteiger partial charge in [0, 0.05) is 13.1 Å². The Hall–Kier alpha value is -0.570. The summed E-state index contributed by atoms with van der Waals surface area (Å²) in [5, 5.41) is 3.44. The molecule has 2 aliphatic rings. The van der Waals surface area contributed by atoms with Crippen LogP contribution in [0.3, 0.4) is 0 Å². The minimum Gasteiger partial charge on any atom is -0.341 e. The molecule has 98 valence electrons. The Kier molecular flexibility index (Phi) is 4.84. The summed E-state index contributed by atoms with van der Waals surface area (Å²) in [6, 6.07) is 0.103. The lowest BCUT2D eigenvalue weighted by Crippen LogP contribution is -2.46. The Labute approximate surface area is 105 Å². The van der Waals surface area contributed by atoms with Gasteiger partial charge in [-0.1, -0.05) is 32.6 Å². The van der Waals surface area contributed by atoms with Gasteiger partial charge in [-0.3, -0.25) is 4.79 Å². The summed E-state index contributed by atoms with van der Waals surface area (Å²) in [5.74, 6) is 1.11. The van der Waals surface area contributed by atoms with Crippen molar-refractivity contribution in [3.63, 3.8) is 0 Å². The van der Waals surface area contributed by atoms with Crippen LogP contribution in [0.2, 0.25) is 0 Å². The Morgan fingerprint density at radius 2 is 2.06 bits per heavy atom. The van der Waals surface area contributed by atoms with Crippen molar-refractivity contribution in [3.05, 3.63) is 0 Å². The molecule has 2 rings (SSSR count). The third-order valence-electron chi connectivity index (χ3n) is 4.28. The smallest absolute Gasteiger partial charge is 0.239 e. The first-order valence-corrected chi connectivity index (χ1v) is 7.33. The molecule has 0 aliphatic carbocycles. The minimum absolute atomic E-state index is 0.103. The summed E-state index contributed by atoms with van der Waals surface area (Å²) in [4.78, 5) is 14.5. The lowest BCUT2D eigenvalue weighted by molar-refractivity contribution is -0.132. The second-order valence-electron chi connectivity index (χ2n) is 5.56. The fourth-order valence-corrected chi connectivity index (χ4v) is 3.00. The van der Waals surface area contributed by atoms with E-state index in [-0.39, 0.29) is 6.04 Å². The van der Waals surface area contributed by atoms with E-state index in [9.17, 15) is 4.79 Å². The Balaban J connectivity index is 1.85. The molecule has 1 amide bonds. The lowest BCUT2D eigenvalue weighted by atomic mass is 10.0. The van der Waals surface area contributed by atoms with Crippen molar-refractivity contribution in [1.82, 2.24) is 10.2 Å². The molecule has 3 nitrogen and oxygen atoms in total. The number of carbonyl (C=O) groups is 1. The fourth-order valence-electron chi connectivity index (χ4n) is 3.00. The quantitative estimate of drug-likeness (QED) is 0.799. The summed E-state index contributed by atoms with van der Waals surface area (Å²) in [7, 11) is 0. The molecule has 2 atom stereocenters. The molecule has 0 radical (unpaired) electrons. The summed E-state index contributed by atoms with van der Waals surface area (Å²) < 4.78 is 0. The van der Waals surface area contributed by atoms with E-state index in [4.69, 9.17) is 0 Å². The number of carbonyl (C=O) groups excluding carboxylic acids is 1. The highest BCUT2D eigenvalue weighted by Crippen LogP contribution is 2.21. The lowest BCUT2D eigenvalue weighted by Gasteiger charge is -2.26. The molecule has 0 aromatic heterocycles. The molecule has 0 saturated carbocycles. The van der Waals surface area contributed by atoms with Crippen LogP contribution in [0.25, 0.3) is 0 Å². The van der Waals surface area contributed by atoms with Gasteiger partial charge in [-0.25, -0.2) is 0 Å². The monoisotopic (exact) mass is 238 g/mol. The van der Waals surface area contributed by atoms with Gasteiger partial charge in [-0.05, 0) is 31.7 Å². The second kappa shape index (κ2) is 6.39. The first-order chi connectivity index (χ1) is 8.31. The van der Waals surface area contributed by atoms with E-state index in [1.807, 2.05) is 0 Å². The van der Waals surface area contributed by atoms with Crippen molar-refractivity contribution in [2.24, 2.45) is 5.92 Å². The minimum atomic E-state index is 0.103. The van der Waals surface area contributed by atoms with E-state index in [1.165, 1.54) is 38.5 Å². The van der Waals surface area contributed by atoms with E-state index < -0.39 is 0 Å². The molecule has 2 heterocycles. The van der Waals surface area contributed by atoms with Crippen LogP contribution < -0.4 is 5.32 Å². The molecule has 0 aromatic rings. The molecule has 2 saturated heterocycles. The number of nitrogens with one attached hydrogen (secondary N) is 1. The van der Waals surface area contributed by atoms with Gasteiger partial charge in [0.05, 0.1) is 6.04 Å². The largest absolute Gasteiger partial charge is 0.341 e. The van der Waals surface area contributed by atoms with Gasteiger partial charge < -0.3 is 10.2 Å². The zero-order chi connectivity index (χ0) is 12.1. The number of rotatable bonds is 2. The maximum atomic E-state index is 12.4. The van der Waals surface area contributed by atoms with Gasteiger partial charge >= 0.3 is 0 Å². The highest BCUT2D eigenvalue weighted by Gasteiger charge is 2.29. The molecule has 2 unspecified atom stereocenters. The van der Waals surface area contributed by atoms with Crippen molar-refractivity contribution >= 4 is 5.91 Å². The van der Waals surface area contributed by atoms with E-state index in [1.54, 1.807) is 0 Å². The van der Waals surface area contributed by atoms with Gasteiger partial charge in [0.25, 0.3) is 0 Å². The molecule has 2 aliphatic heterocycles. The van der Waals surface area contributed by atoms with Crippen LogP contribution in [0.5, 0.6) is 0 Å². The van der Waals surface area contributed by atoms with Crippen LogP contribution in [-0.2, 0) is 4.79 Å². The number of likely N-dealkylation sites (tertiary alicyclic amines) is 1. The zero-order valence-corrected chi connectivity index (χ0v) is 11.1. The van der Waals surface area contributed by atoms with Crippen LogP contribution in [0.15, 0.2) is 0 Å². The average molecular weight is 238 g/mol. The van der Waals surface area contributed by atoms with Crippen LogP contribution in [0.4, 0.5) is 0 Å². The molecule has 0 spiro atoms. The third-order valence-corrected chi connectivity index (χ3v) is 4.28. The van der Waals surface area contributed by atoms with Gasteiger partial charge in [-0.2, -0.15) is 0 Å². The molecule has 0 aromatic carbocycles. The Morgan fingerprint density at radius 3 is 2.82 bits per heavy atom. The van der Waals surface area contributed by atoms with Gasteiger partial charge in [0.2, 0.25) is 5.91 Å². The maximum Gasteiger partial charge on any atom is 0.239 e. The fraction of sp³-hybridized carbons (Fsp3) is 0.929. The Bertz CT molecular complexity index is 247. The maximum absolute atomic E-state index is 12.4. The van der Waals surface area contributed by atoms with Crippen molar-refractivity contribution in [1.29, 1.82) is 0 Å². The number of hydrogen-bond acceptors (Lipinski definition) is 2. The van der Waals surface area contributed by atoms with Gasteiger partial charge in [0.15, 0.2) is 0 Å². The highest BCUT2D eigenvalue weighted by atomic mass is 16.2. The SMILES string of the molecule is CCC1CCN(C(=O)C2CCCCCCN2)C1. The first-order valence-electron chi connectivity index (χ1n) is 7.33. The van der Waals surface area contributed by atoms with Crippen molar-refractivity contribution in [2.45, 2.75) is 57.9 Å². The first kappa shape index (κ1) is 12.9. The van der Waals surface area contributed by atoms with Crippen molar-refractivity contribution < 1.29 is 4.79 Å². The second-order valence-corrected chi connectivity index (χ2v) is 5.56. The summed E-state index contributed by atoms with van der Waals surface area (Å²) >= 11 is 0. The summed E-state index contributed by atoms with van der Waals surface area (Å²) in [5.41, 5.74) is 0. The molecule has 0 bridgehead atoms. The number of nitrogens with zero attached hydrogens (tertiary/aromatic N) is 1. The van der Waals surface area contributed by atoms with E-state index in [0.29, 0.717) is 5.91 Å². The predicted molar refractivity (Wildman–Crippen MR) is 69.9 cm³/mol.